The van der Waals surface area contributed by atoms with Crippen LogP contribution in [-0.2, 0) is 16.8 Å². The average molecular weight is 289 g/mol. The zero-order chi connectivity index (χ0) is 14.4. The summed E-state index contributed by atoms with van der Waals surface area (Å²) < 4.78 is 0. The van der Waals surface area contributed by atoms with Crippen molar-refractivity contribution in [2.45, 2.75) is 25.4 Å². The molecule has 1 atom stereocenters. The Hall–Kier alpha value is -1.65. The van der Waals surface area contributed by atoms with Crippen molar-refractivity contribution in [1.82, 2.24) is 5.32 Å². The number of benzene rings is 1. The van der Waals surface area contributed by atoms with Crippen LogP contribution in [0.4, 0.5) is 0 Å². The number of nitrogens with one attached hydrogen (secondary N) is 1. The second kappa shape index (κ2) is 6.68. The van der Waals surface area contributed by atoms with Crippen molar-refractivity contribution in [2.75, 3.05) is 6.54 Å². The summed E-state index contributed by atoms with van der Waals surface area (Å²) in [6.45, 7) is 2.27. The van der Waals surface area contributed by atoms with Crippen molar-refractivity contribution in [3.05, 3.63) is 58.3 Å². The quantitative estimate of drug-likeness (QED) is 0.859. The summed E-state index contributed by atoms with van der Waals surface area (Å²) in [4.78, 5) is 11.9. The van der Waals surface area contributed by atoms with Gasteiger partial charge < -0.3 is 10.4 Å². The summed E-state index contributed by atoms with van der Waals surface area (Å²) in [7, 11) is 0. The van der Waals surface area contributed by atoms with Crippen LogP contribution in [0.15, 0.2) is 47.2 Å². The highest BCUT2D eigenvalue weighted by Gasteiger charge is 2.26. The van der Waals surface area contributed by atoms with Crippen LogP contribution in [0, 0.1) is 0 Å². The van der Waals surface area contributed by atoms with Gasteiger partial charge in [-0.15, -0.1) is 0 Å². The first-order valence-electron chi connectivity index (χ1n) is 6.63. The molecule has 0 saturated heterocycles. The van der Waals surface area contributed by atoms with Crippen LogP contribution in [-0.4, -0.2) is 17.6 Å². The van der Waals surface area contributed by atoms with Gasteiger partial charge in [0.05, 0.1) is 12.0 Å². The number of rotatable bonds is 6. The molecule has 1 aromatic heterocycles. The monoisotopic (exact) mass is 289 g/mol. The number of thiophene rings is 1. The van der Waals surface area contributed by atoms with Gasteiger partial charge in [0.25, 0.3) is 0 Å². The highest BCUT2D eigenvalue weighted by atomic mass is 32.1. The molecular weight excluding hydrogens is 270 g/mol. The molecule has 0 bridgehead atoms. The molecule has 1 amide bonds. The van der Waals surface area contributed by atoms with Gasteiger partial charge in [-0.05, 0) is 41.3 Å². The van der Waals surface area contributed by atoms with Crippen molar-refractivity contribution in [3.63, 3.8) is 0 Å². The maximum absolute atomic E-state index is 11.9. The molecular formula is C16H19NO2S. The second-order valence-electron chi connectivity index (χ2n) is 5.05. The van der Waals surface area contributed by atoms with E-state index >= 15 is 0 Å². The third-order valence-corrected chi connectivity index (χ3v) is 3.95. The van der Waals surface area contributed by atoms with E-state index in [1.165, 1.54) is 5.56 Å². The largest absolute Gasteiger partial charge is 0.385 e. The molecule has 106 valence electrons. The summed E-state index contributed by atoms with van der Waals surface area (Å²) in [5.74, 6) is -0.130. The van der Waals surface area contributed by atoms with Crippen molar-refractivity contribution in [2.24, 2.45) is 0 Å². The van der Waals surface area contributed by atoms with Gasteiger partial charge in [0.2, 0.25) is 5.91 Å². The van der Waals surface area contributed by atoms with Crippen LogP contribution in [0.2, 0.25) is 0 Å². The van der Waals surface area contributed by atoms with Crippen molar-refractivity contribution in [1.29, 1.82) is 0 Å². The third-order valence-electron chi connectivity index (χ3n) is 3.22. The van der Waals surface area contributed by atoms with Gasteiger partial charge in [-0.25, -0.2) is 0 Å². The molecule has 1 unspecified atom stereocenters. The van der Waals surface area contributed by atoms with Gasteiger partial charge in [0.1, 0.15) is 0 Å². The van der Waals surface area contributed by atoms with Crippen molar-refractivity contribution in [3.8, 4) is 0 Å². The summed E-state index contributed by atoms with van der Waals surface area (Å²) in [6.07, 6.45) is 0.892. The Kier molecular flexibility index (Phi) is 4.93. The molecule has 2 rings (SSSR count). The Morgan fingerprint density at radius 3 is 2.70 bits per heavy atom. The van der Waals surface area contributed by atoms with E-state index in [2.05, 4.69) is 16.8 Å². The number of aliphatic hydroxyl groups is 1. The van der Waals surface area contributed by atoms with E-state index < -0.39 is 5.60 Å². The van der Waals surface area contributed by atoms with Crippen LogP contribution >= 0.6 is 11.3 Å². The normalized spacial score (nSPS) is 13.7. The zero-order valence-corrected chi connectivity index (χ0v) is 12.3. The molecule has 0 aliphatic carbocycles. The predicted octanol–water partition coefficient (Wildman–Crippen LogP) is 2.70. The fourth-order valence-corrected chi connectivity index (χ4v) is 2.76. The maximum Gasteiger partial charge on any atom is 0.223 e. The first-order valence-corrected chi connectivity index (χ1v) is 7.58. The highest BCUT2D eigenvalue weighted by Crippen LogP contribution is 2.23. The highest BCUT2D eigenvalue weighted by molar-refractivity contribution is 7.07. The van der Waals surface area contributed by atoms with Gasteiger partial charge >= 0.3 is 0 Å². The Balaban J connectivity index is 1.81. The number of hydrogen-bond acceptors (Lipinski definition) is 3. The van der Waals surface area contributed by atoms with E-state index in [9.17, 15) is 9.90 Å². The molecule has 0 aliphatic rings. The Bertz CT molecular complexity index is 535. The number of amides is 1. The van der Waals surface area contributed by atoms with Crippen LogP contribution in [0.1, 0.15) is 24.5 Å². The Morgan fingerprint density at radius 2 is 2.05 bits per heavy atom. The van der Waals surface area contributed by atoms with Crippen LogP contribution in [0.5, 0.6) is 0 Å². The first-order chi connectivity index (χ1) is 9.58. The van der Waals surface area contributed by atoms with Crippen LogP contribution in [0.3, 0.4) is 0 Å². The number of hydrogen-bond donors (Lipinski definition) is 2. The Morgan fingerprint density at radius 1 is 1.30 bits per heavy atom. The lowest BCUT2D eigenvalue weighted by molar-refractivity contribution is -0.125. The fraction of sp³-hybridized carbons (Fsp3) is 0.312. The predicted molar refractivity (Wildman–Crippen MR) is 81.7 cm³/mol. The molecule has 0 fully saturated rings. The molecule has 4 heteroatoms. The van der Waals surface area contributed by atoms with Crippen molar-refractivity contribution >= 4 is 17.2 Å². The molecule has 20 heavy (non-hydrogen) atoms. The third kappa shape index (κ3) is 4.18. The topological polar surface area (TPSA) is 49.3 Å². The van der Waals surface area contributed by atoms with Crippen molar-refractivity contribution < 1.29 is 9.90 Å². The second-order valence-corrected chi connectivity index (χ2v) is 5.83. The lowest BCUT2D eigenvalue weighted by Crippen LogP contribution is -2.33. The van der Waals surface area contributed by atoms with Crippen LogP contribution in [0.25, 0.3) is 0 Å². The van der Waals surface area contributed by atoms with Gasteiger partial charge in [0, 0.05) is 6.54 Å². The molecule has 0 aliphatic heterocycles. The van der Waals surface area contributed by atoms with E-state index in [4.69, 9.17) is 0 Å². The summed E-state index contributed by atoms with van der Waals surface area (Å²) in [5.41, 5.74) is 0.853. The van der Waals surface area contributed by atoms with Gasteiger partial charge in [-0.3, -0.25) is 4.79 Å². The summed E-state index contributed by atoms with van der Waals surface area (Å²) in [5, 5.41) is 17.3. The molecule has 2 aromatic rings. The van der Waals surface area contributed by atoms with E-state index in [-0.39, 0.29) is 12.3 Å². The average Bonchev–Trinajstić information content (AvgIpc) is 2.92. The number of carbonyl (C=O) groups excluding carboxylic acids is 1. The van der Waals surface area contributed by atoms with E-state index in [0.717, 1.165) is 12.0 Å². The molecule has 0 radical (unpaired) electrons. The standard InChI is InChI=1S/C16H19NO2S/c1-16(19,14-5-3-2-4-6-14)11-15(18)17-9-7-13-8-10-20-12-13/h2-6,8,10,12,19H,7,9,11H2,1H3,(H,17,18). The van der Waals surface area contributed by atoms with Gasteiger partial charge in [0.15, 0.2) is 0 Å². The molecule has 2 N–H and O–H groups in total. The van der Waals surface area contributed by atoms with Crippen LogP contribution < -0.4 is 5.32 Å². The van der Waals surface area contributed by atoms with E-state index in [1.54, 1.807) is 18.3 Å². The molecule has 0 saturated carbocycles. The zero-order valence-electron chi connectivity index (χ0n) is 11.5. The van der Waals surface area contributed by atoms with E-state index in [1.807, 2.05) is 35.7 Å². The van der Waals surface area contributed by atoms with Gasteiger partial charge in [-0.2, -0.15) is 11.3 Å². The molecule has 1 aromatic carbocycles. The molecule has 1 heterocycles. The molecule has 0 spiro atoms. The lowest BCUT2D eigenvalue weighted by atomic mass is 9.92. The minimum absolute atomic E-state index is 0.0701. The SMILES string of the molecule is CC(O)(CC(=O)NCCc1ccsc1)c1ccccc1. The number of carbonyl (C=O) groups is 1. The van der Waals surface area contributed by atoms with Gasteiger partial charge in [-0.1, -0.05) is 30.3 Å². The first kappa shape index (κ1) is 14.8. The summed E-state index contributed by atoms with van der Waals surface area (Å²) >= 11 is 1.65. The fourth-order valence-electron chi connectivity index (χ4n) is 2.06. The minimum atomic E-state index is -1.13. The lowest BCUT2D eigenvalue weighted by Gasteiger charge is -2.23. The minimum Gasteiger partial charge on any atom is -0.385 e. The van der Waals surface area contributed by atoms with E-state index in [0.29, 0.717) is 6.54 Å². The summed E-state index contributed by atoms with van der Waals surface area (Å²) in [6, 6.07) is 11.3. The smallest absolute Gasteiger partial charge is 0.223 e. The maximum atomic E-state index is 11.9. The molecule has 3 nitrogen and oxygen atoms in total. The Labute approximate surface area is 123 Å².